The first-order chi connectivity index (χ1) is 10.1. The molecule has 0 radical (unpaired) electrons. The van der Waals surface area contributed by atoms with Crippen LogP contribution in [0, 0.1) is 5.92 Å². The van der Waals surface area contributed by atoms with Crippen molar-refractivity contribution in [2.75, 3.05) is 27.3 Å². The first-order valence-corrected chi connectivity index (χ1v) is 6.95. The van der Waals surface area contributed by atoms with Crippen molar-refractivity contribution in [3.8, 4) is 0 Å². The lowest BCUT2D eigenvalue weighted by atomic mass is 10.0. The summed E-state index contributed by atoms with van der Waals surface area (Å²) in [6.07, 6.45) is -1.43. The van der Waals surface area contributed by atoms with Crippen LogP contribution >= 0.6 is 0 Å². The molecule has 1 aliphatic heterocycles. The van der Waals surface area contributed by atoms with E-state index in [-0.39, 0.29) is 12.0 Å². The number of nitrogens with one attached hydrogen (secondary N) is 1. The van der Waals surface area contributed by atoms with E-state index in [0.29, 0.717) is 6.54 Å². The van der Waals surface area contributed by atoms with Crippen LogP contribution in [-0.2, 0) is 16.0 Å². The molecular formula is C15H22N2O4. The van der Waals surface area contributed by atoms with Crippen LogP contribution in [0.4, 0.5) is 4.79 Å². The molecule has 0 bridgehead atoms. The molecule has 2 rings (SSSR count). The number of ether oxygens (including phenoxy) is 2. The van der Waals surface area contributed by atoms with E-state index in [2.05, 4.69) is 22.3 Å². The standard InChI is InChI=1S/C15H22N2O4/c1-20-14(21-2)12-9-17(10-13(12)16-15(18)19)8-11-6-4-3-5-7-11/h3-7,12-14,16H,8-10H2,1-2H3,(H,18,19)/t12-,13-/m0/s1. The third-order valence-electron chi connectivity index (χ3n) is 3.81. The van der Waals surface area contributed by atoms with E-state index >= 15 is 0 Å². The highest BCUT2D eigenvalue weighted by Crippen LogP contribution is 2.24. The molecule has 21 heavy (non-hydrogen) atoms. The van der Waals surface area contributed by atoms with Crippen LogP contribution in [0.5, 0.6) is 0 Å². The first-order valence-electron chi connectivity index (χ1n) is 6.95. The van der Waals surface area contributed by atoms with E-state index in [1.807, 2.05) is 18.2 Å². The molecule has 0 aliphatic carbocycles. The molecule has 1 aromatic carbocycles. The van der Waals surface area contributed by atoms with Crippen LogP contribution in [0.2, 0.25) is 0 Å². The van der Waals surface area contributed by atoms with Crippen LogP contribution in [-0.4, -0.2) is 55.7 Å². The van der Waals surface area contributed by atoms with Crippen LogP contribution in [0.25, 0.3) is 0 Å². The van der Waals surface area contributed by atoms with Crippen molar-refractivity contribution in [3.63, 3.8) is 0 Å². The fourth-order valence-electron chi connectivity index (χ4n) is 2.92. The Morgan fingerprint density at radius 3 is 2.57 bits per heavy atom. The normalized spacial score (nSPS) is 22.6. The molecule has 6 nitrogen and oxygen atoms in total. The molecule has 0 aromatic heterocycles. The van der Waals surface area contributed by atoms with Gasteiger partial charge in [0.25, 0.3) is 0 Å². The summed E-state index contributed by atoms with van der Waals surface area (Å²) in [5.74, 6) is -0.0280. The van der Waals surface area contributed by atoms with E-state index in [1.54, 1.807) is 14.2 Å². The molecule has 0 spiro atoms. The minimum Gasteiger partial charge on any atom is -0.465 e. The predicted octanol–water partition coefficient (Wildman–Crippen LogP) is 1.37. The van der Waals surface area contributed by atoms with Gasteiger partial charge in [0.05, 0.1) is 6.04 Å². The Balaban J connectivity index is 2.04. The van der Waals surface area contributed by atoms with Crippen LogP contribution in [0.3, 0.4) is 0 Å². The maximum Gasteiger partial charge on any atom is 0.404 e. The summed E-state index contributed by atoms with van der Waals surface area (Å²) in [5.41, 5.74) is 1.21. The molecule has 1 saturated heterocycles. The number of benzene rings is 1. The van der Waals surface area contributed by atoms with E-state index in [1.165, 1.54) is 5.56 Å². The zero-order valence-corrected chi connectivity index (χ0v) is 12.4. The number of hydrogen-bond acceptors (Lipinski definition) is 4. The first kappa shape index (κ1) is 15.8. The molecule has 1 heterocycles. The Hall–Kier alpha value is -1.63. The molecule has 0 unspecified atom stereocenters. The van der Waals surface area contributed by atoms with E-state index in [4.69, 9.17) is 14.6 Å². The summed E-state index contributed by atoms with van der Waals surface area (Å²) in [7, 11) is 3.15. The second-order valence-electron chi connectivity index (χ2n) is 5.24. The fourth-order valence-corrected chi connectivity index (χ4v) is 2.92. The van der Waals surface area contributed by atoms with E-state index in [9.17, 15) is 4.79 Å². The number of nitrogens with zero attached hydrogens (tertiary/aromatic N) is 1. The number of likely N-dealkylation sites (tertiary alicyclic amines) is 1. The maximum absolute atomic E-state index is 11.0. The quantitative estimate of drug-likeness (QED) is 0.776. The molecule has 2 atom stereocenters. The van der Waals surface area contributed by atoms with Crippen molar-refractivity contribution in [1.29, 1.82) is 0 Å². The topological polar surface area (TPSA) is 71.0 Å². The summed E-state index contributed by atoms with van der Waals surface area (Å²) in [5, 5.41) is 11.6. The Kier molecular flexibility index (Phi) is 5.55. The monoisotopic (exact) mass is 294 g/mol. The molecule has 1 amide bonds. The van der Waals surface area contributed by atoms with Crippen molar-refractivity contribution in [3.05, 3.63) is 35.9 Å². The lowest BCUT2D eigenvalue weighted by molar-refractivity contribution is -0.137. The molecule has 1 aliphatic rings. The number of hydrogen-bond donors (Lipinski definition) is 2. The highest BCUT2D eigenvalue weighted by atomic mass is 16.7. The summed E-state index contributed by atoms with van der Waals surface area (Å²) in [6.45, 7) is 2.16. The number of methoxy groups -OCH3 is 2. The van der Waals surface area contributed by atoms with E-state index < -0.39 is 12.4 Å². The zero-order chi connectivity index (χ0) is 15.2. The van der Waals surface area contributed by atoms with Crippen molar-refractivity contribution < 1.29 is 19.4 Å². The highest BCUT2D eigenvalue weighted by molar-refractivity contribution is 5.65. The molecule has 6 heteroatoms. The SMILES string of the molecule is COC(OC)[C@H]1CN(Cc2ccccc2)C[C@@H]1NC(=O)O. The van der Waals surface area contributed by atoms with Crippen LogP contribution in [0.1, 0.15) is 5.56 Å². The highest BCUT2D eigenvalue weighted by Gasteiger charge is 2.39. The lowest BCUT2D eigenvalue weighted by Crippen LogP contribution is -2.44. The number of carboxylic acid groups (broad SMARTS) is 1. The largest absolute Gasteiger partial charge is 0.465 e. The third kappa shape index (κ3) is 4.17. The van der Waals surface area contributed by atoms with Crippen molar-refractivity contribution >= 4 is 6.09 Å². The summed E-state index contributed by atoms with van der Waals surface area (Å²) in [6, 6.07) is 9.92. The van der Waals surface area contributed by atoms with Gasteiger partial charge in [0.2, 0.25) is 0 Å². The Bertz CT molecular complexity index is 450. The third-order valence-corrected chi connectivity index (χ3v) is 3.81. The van der Waals surface area contributed by atoms with Gasteiger partial charge in [0, 0.05) is 39.8 Å². The van der Waals surface area contributed by atoms with Gasteiger partial charge in [-0.2, -0.15) is 0 Å². The van der Waals surface area contributed by atoms with Crippen LogP contribution in [0.15, 0.2) is 30.3 Å². The average Bonchev–Trinajstić information content (AvgIpc) is 2.83. The van der Waals surface area contributed by atoms with Gasteiger partial charge in [-0.25, -0.2) is 4.79 Å². The summed E-state index contributed by atoms with van der Waals surface area (Å²) in [4.78, 5) is 13.2. The number of rotatable bonds is 6. The van der Waals surface area contributed by atoms with Gasteiger partial charge in [-0.3, -0.25) is 4.90 Å². The van der Waals surface area contributed by atoms with Gasteiger partial charge >= 0.3 is 6.09 Å². The van der Waals surface area contributed by atoms with Gasteiger partial charge < -0.3 is 19.9 Å². The maximum atomic E-state index is 11.0. The van der Waals surface area contributed by atoms with Crippen molar-refractivity contribution in [2.24, 2.45) is 5.92 Å². The van der Waals surface area contributed by atoms with Gasteiger partial charge in [-0.05, 0) is 5.56 Å². The smallest absolute Gasteiger partial charge is 0.404 e. The van der Waals surface area contributed by atoms with Crippen molar-refractivity contribution in [1.82, 2.24) is 10.2 Å². The minimum atomic E-state index is -1.02. The lowest BCUT2D eigenvalue weighted by Gasteiger charge is -2.25. The molecule has 0 saturated carbocycles. The molecule has 1 fully saturated rings. The van der Waals surface area contributed by atoms with Crippen molar-refractivity contribution in [2.45, 2.75) is 18.9 Å². The van der Waals surface area contributed by atoms with Crippen LogP contribution < -0.4 is 5.32 Å². The molecule has 2 N–H and O–H groups in total. The van der Waals surface area contributed by atoms with Gasteiger partial charge in [-0.1, -0.05) is 30.3 Å². The molecular weight excluding hydrogens is 272 g/mol. The minimum absolute atomic E-state index is 0.0280. The van der Waals surface area contributed by atoms with Gasteiger partial charge in [-0.15, -0.1) is 0 Å². The van der Waals surface area contributed by atoms with Gasteiger partial charge in [0.15, 0.2) is 6.29 Å². The average molecular weight is 294 g/mol. The Morgan fingerprint density at radius 2 is 2.00 bits per heavy atom. The molecule has 116 valence electrons. The number of amides is 1. The number of carbonyl (C=O) groups is 1. The summed E-state index contributed by atoms with van der Waals surface area (Å²) < 4.78 is 10.6. The second kappa shape index (κ2) is 7.40. The Labute approximate surface area is 124 Å². The zero-order valence-electron chi connectivity index (χ0n) is 12.4. The van der Waals surface area contributed by atoms with E-state index in [0.717, 1.165) is 13.1 Å². The Morgan fingerprint density at radius 1 is 1.33 bits per heavy atom. The van der Waals surface area contributed by atoms with Gasteiger partial charge in [0.1, 0.15) is 0 Å². The fraction of sp³-hybridized carbons (Fsp3) is 0.533. The molecule has 1 aromatic rings. The summed E-state index contributed by atoms with van der Waals surface area (Å²) >= 11 is 0. The second-order valence-corrected chi connectivity index (χ2v) is 5.24. The predicted molar refractivity (Wildman–Crippen MR) is 78.0 cm³/mol.